The Bertz CT molecular complexity index is 2110. The molecule has 1 saturated carbocycles. The maximum Gasteiger partial charge on any atom is 0.316 e. The molecule has 3 aliphatic heterocycles. The van der Waals surface area contributed by atoms with E-state index in [1.54, 1.807) is 31.4 Å². The van der Waals surface area contributed by atoms with E-state index >= 15 is 0 Å². The highest BCUT2D eigenvalue weighted by atomic mass is 35.5. The predicted octanol–water partition coefficient (Wildman–Crippen LogP) is 5.72. The van der Waals surface area contributed by atoms with Crippen LogP contribution in [0.15, 0.2) is 65.5 Å². The summed E-state index contributed by atoms with van der Waals surface area (Å²) in [5.74, 6) is 0.758. The Morgan fingerprint density at radius 1 is 1.05 bits per heavy atom. The zero-order valence-corrected chi connectivity index (χ0v) is 33.3. The molecule has 4 aromatic rings. The first-order valence-electron chi connectivity index (χ1n) is 20.3. The van der Waals surface area contributed by atoms with Crippen LogP contribution >= 0.6 is 11.6 Å². The number of aliphatic hydroxyl groups is 1. The van der Waals surface area contributed by atoms with E-state index in [0.29, 0.717) is 46.4 Å². The molecule has 13 heteroatoms. The quantitative estimate of drug-likeness (QED) is 0.0611. The van der Waals surface area contributed by atoms with Gasteiger partial charge in [0.1, 0.15) is 17.6 Å². The first-order chi connectivity index (χ1) is 27.6. The van der Waals surface area contributed by atoms with E-state index in [9.17, 15) is 24.6 Å². The molecule has 12 nitrogen and oxygen atoms in total. The lowest BCUT2D eigenvalue weighted by atomic mass is 9.69. The number of carbonyl (C=O) groups excluding carboxylic acids is 2. The number of amides is 1. The maximum atomic E-state index is 14.0. The molecule has 0 radical (unpaired) electrons. The summed E-state index contributed by atoms with van der Waals surface area (Å²) in [5.41, 5.74) is 3.42. The van der Waals surface area contributed by atoms with Crippen molar-refractivity contribution in [1.82, 2.24) is 20.5 Å². The molecule has 4 fully saturated rings. The number of halogens is 1. The molecule has 304 valence electrons. The number of aromatic nitrogens is 1. The van der Waals surface area contributed by atoms with Crippen molar-refractivity contribution in [3.8, 4) is 11.5 Å². The third-order valence-corrected chi connectivity index (χ3v) is 12.4. The highest BCUT2D eigenvalue weighted by Crippen LogP contribution is 2.42. The number of H-pyrrole nitrogens is 1. The number of phenols is 1. The molecule has 1 unspecified atom stereocenters. The number of rotatable bonds is 16. The number of hydrogen-bond acceptors (Lipinski definition) is 10. The first kappa shape index (κ1) is 40.6. The average molecular weight is 800 g/mol. The Hall–Kier alpha value is -4.62. The van der Waals surface area contributed by atoms with Crippen LogP contribution in [0.25, 0.3) is 10.9 Å². The number of aliphatic hydroxyl groups excluding tert-OH is 1. The molecule has 1 aromatic heterocycles. The fraction of sp³-hybridized carbons (Fsp3) is 0.477. The number of nitrogens with one attached hydrogen (secondary N) is 4. The topological polar surface area (TPSA) is 165 Å². The van der Waals surface area contributed by atoms with Crippen LogP contribution in [-0.4, -0.2) is 84.5 Å². The van der Waals surface area contributed by atoms with Crippen LogP contribution in [0, 0.1) is 5.92 Å². The second kappa shape index (κ2) is 18.3. The molecule has 4 heterocycles. The van der Waals surface area contributed by atoms with Crippen LogP contribution in [0.5, 0.6) is 11.5 Å². The first-order valence-corrected chi connectivity index (χ1v) is 20.6. The van der Waals surface area contributed by atoms with Crippen molar-refractivity contribution in [2.75, 3.05) is 51.7 Å². The van der Waals surface area contributed by atoms with Crippen LogP contribution in [0.4, 0.5) is 5.69 Å². The molecule has 6 N–H and O–H groups in total. The molecule has 4 aliphatic rings. The Kier molecular flexibility index (Phi) is 13.0. The summed E-state index contributed by atoms with van der Waals surface area (Å²) in [6.45, 7) is 4.14. The van der Waals surface area contributed by atoms with Gasteiger partial charge < -0.3 is 40.6 Å². The third kappa shape index (κ3) is 9.41. The number of methoxy groups -OCH3 is 1. The smallest absolute Gasteiger partial charge is 0.316 e. The number of anilines is 1. The van der Waals surface area contributed by atoms with Crippen molar-refractivity contribution in [2.24, 2.45) is 5.92 Å². The second-order valence-corrected chi connectivity index (χ2v) is 16.2. The lowest BCUT2D eigenvalue weighted by Gasteiger charge is -2.45. The summed E-state index contributed by atoms with van der Waals surface area (Å²) in [4.78, 5) is 43.6. The second-order valence-electron chi connectivity index (χ2n) is 15.8. The SMILES string of the molecule is COc1cc(NCC(=O)NCCCc2cccc(C3(C(=O)O[C@H]4CN5CCC4CC5)CCCCC3)c2)c(Cl)cc1CNCC(O)c1ccc(O)c2[nH]c(=O)ccc12. The Labute approximate surface area is 338 Å². The molecule has 2 atom stereocenters. The number of aromatic hydroxyl groups is 1. The number of fused-ring (bicyclic) bond motifs is 4. The van der Waals surface area contributed by atoms with Gasteiger partial charge in [-0.1, -0.05) is 61.2 Å². The van der Waals surface area contributed by atoms with Gasteiger partial charge in [-0.05, 0) is 92.4 Å². The van der Waals surface area contributed by atoms with Crippen LogP contribution in [0.2, 0.25) is 5.02 Å². The average Bonchev–Trinajstić information content (AvgIpc) is 3.23. The lowest BCUT2D eigenvalue weighted by Crippen LogP contribution is -2.53. The van der Waals surface area contributed by atoms with E-state index in [1.165, 1.54) is 12.1 Å². The number of hydrogen-bond donors (Lipinski definition) is 6. The van der Waals surface area contributed by atoms with Crippen molar-refractivity contribution < 1.29 is 29.3 Å². The molecular weight excluding hydrogens is 746 g/mol. The monoisotopic (exact) mass is 799 g/mol. The van der Waals surface area contributed by atoms with Crippen molar-refractivity contribution >= 4 is 40.1 Å². The molecule has 2 bridgehead atoms. The molecular formula is C44H54ClN5O7. The van der Waals surface area contributed by atoms with E-state index < -0.39 is 11.5 Å². The lowest BCUT2D eigenvalue weighted by molar-refractivity contribution is -0.167. The number of aryl methyl sites for hydroxylation is 1. The van der Waals surface area contributed by atoms with E-state index in [1.807, 2.05) is 0 Å². The molecule has 3 aromatic carbocycles. The highest BCUT2D eigenvalue weighted by molar-refractivity contribution is 6.33. The van der Waals surface area contributed by atoms with Crippen LogP contribution in [-0.2, 0) is 32.7 Å². The third-order valence-electron chi connectivity index (χ3n) is 12.1. The number of piperidine rings is 3. The minimum absolute atomic E-state index is 0.00319. The number of esters is 1. The number of carbonyl (C=O) groups is 2. The van der Waals surface area contributed by atoms with Gasteiger partial charge in [0.15, 0.2) is 0 Å². The minimum Gasteiger partial charge on any atom is -0.506 e. The van der Waals surface area contributed by atoms with Gasteiger partial charge in [-0.3, -0.25) is 19.3 Å². The number of phenolic OH excluding ortho intramolecular Hbond substituents is 1. The summed E-state index contributed by atoms with van der Waals surface area (Å²) in [6, 6.07) is 17.9. The van der Waals surface area contributed by atoms with Crippen LogP contribution in [0.1, 0.15) is 79.7 Å². The number of benzene rings is 3. The molecule has 57 heavy (non-hydrogen) atoms. The fourth-order valence-corrected chi connectivity index (χ4v) is 9.16. The molecule has 3 saturated heterocycles. The van der Waals surface area contributed by atoms with Crippen molar-refractivity contribution in [2.45, 2.75) is 82.0 Å². The molecule has 0 spiro atoms. The fourth-order valence-electron chi connectivity index (χ4n) is 8.90. The van der Waals surface area contributed by atoms with Gasteiger partial charge in [0, 0.05) is 49.3 Å². The van der Waals surface area contributed by atoms with Gasteiger partial charge in [0.2, 0.25) is 11.5 Å². The Morgan fingerprint density at radius 2 is 1.86 bits per heavy atom. The van der Waals surface area contributed by atoms with E-state index in [0.717, 1.165) is 94.1 Å². The van der Waals surface area contributed by atoms with E-state index in [2.05, 4.69) is 50.1 Å². The maximum absolute atomic E-state index is 14.0. The summed E-state index contributed by atoms with van der Waals surface area (Å²) >= 11 is 6.62. The number of aromatic amines is 1. The normalized spacial score (nSPS) is 20.5. The van der Waals surface area contributed by atoms with Gasteiger partial charge in [-0.15, -0.1) is 0 Å². The van der Waals surface area contributed by atoms with Gasteiger partial charge >= 0.3 is 5.97 Å². The molecule has 1 aliphatic carbocycles. The summed E-state index contributed by atoms with van der Waals surface area (Å²) in [5, 5.41) is 31.4. The zero-order valence-electron chi connectivity index (χ0n) is 32.6. The minimum atomic E-state index is -0.922. The largest absolute Gasteiger partial charge is 0.506 e. The number of nitrogens with zero attached hydrogens (tertiary/aromatic N) is 1. The highest BCUT2D eigenvalue weighted by Gasteiger charge is 2.46. The van der Waals surface area contributed by atoms with E-state index in [4.69, 9.17) is 21.1 Å². The summed E-state index contributed by atoms with van der Waals surface area (Å²) < 4.78 is 12.0. The van der Waals surface area contributed by atoms with Gasteiger partial charge in [0.05, 0.1) is 41.4 Å². The van der Waals surface area contributed by atoms with Crippen LogP contribution in [0.3, 0.4) is 0 Å². The summed E-state index contributed by atoms with van der Waals surface area (Å²) in [6.07, 6.45) is 7.68. The molecule has 1 amide bonds. The summed E-state index contributed by atoms with van der Waals surface area (Å²) in [7, 11) is 1.55. The predicted molar refractivity (Wildman–Crippen MR) is 221 cm³/mol. The standard InChI is InChI=1S/C44H54ClN5O7/c1-56-38-23-35(34(45)22-30(38)24-46-25-37(52)32-10-12-36(51)42-33(32)11-13-40(53)49-42)48-26-41(54)47-18-6-8-28-7-5-9-31(21-28)44(16-3-2-4-17-44)43(55)57-39-27-50-19-14-29(39)15-20-50/h5,7,9-13,21-23,29,37,39,46,48,51-52H,2-4,6,8,14-20,24-27H2,1H3,(H,47,54)(H,49,53)/t37?,39-/m0/s1. The zero-order chi connectivity index (χ0) is 39.9. The van der Waals surface area contributed by atoms with Gasteiger partial charge in [-0.25, -0.2) is 0 Å². The van der Waals surface area contributed by atoms with Gasteiger partial charge in [0.25, 0.3) is 0 Å². The number of pyridine rings is 1. The van der Waals surface area contributed by atoms with E-state index in [-0.39, 0.29) is 47.9 Å². The van der Waals surface area contributed by atoms with Crippen molar-refractivity contribution in [3.63, 3.8) is 0 Å². The Morgan fingerprint density at radius 3 is 2.61 bits per heavy atom. The Balaban J connectivity index is 0.876. The van der Waals surface area contributed by atoms with Crippen molar-refractivity contribution in [1.29, 1.82) is 0 Å². The van der Waals surface area contributed by atoms with Gasteiger partial charge in [-0.2, -0.15) is 0 Å². The van der Waals surface area contributed by atoms with Crippen LogP contribution < -0.4 is 26.2 Å². The van der Waals surface area contributed by atoms with Crippen molar-refractivity contribution in [3.05, 3.63) is 98.3 Å². The number of ether oxygens (including phenoxy) is 2. The molecule has 8 rings (SSSR count).